The van der Waals surface area contributed by atoms with Gasteiger partial charge in [0.05, 0.1) is 6.54 Å². The van der Waals surface area contributed by atoms with Gasteiger partial charge in [0.25, 0.3) is 0 Å². The Hall–Kier alpha value is -1.45. The summed E-state index contributed by atoms with van der Waals surface area (Å²) in [6.45, 7) is 5.57. The minimum absolute atomic E-state index is 0.186. The van der Waals surface area contributed by atoms with Gasteiger partial charge in [-0.3, -0.25) is 9.69 Å². The quantitative estimate of drug-likeness (QED) is 0.745. The Balaban J connectivity index is 2.03. The molecule has 0 saturated carbocycles. The van der Waals surface area contributed by atoms with Crippen molar-refractivity contribution in [3.8, 4) is 0 Å². The number of rotatable bonds is 6. The van der Waals surface area contributed by atoms with E-state index in [0.717, 1.165) is 12.1 Å². The fourth-order valence-electron chi connectivity index (χ4n) is 1.92. The Kier molecular flexibility index (Phi) is 4.88. The zero-order valence-electron chi connectivity index (χ0n) is 11.4. The second-order valence-corrected chi connectivity index (χ2v) is 5.90. The van der Waals surface area contributed by atoms with Crippen molar-refractivity contribution in [3.05, 3.63) is 58.3 Å². The predicted octanol–water partition coefficient (Wildman–Crippen LogP) is 3.84. The second-order valence-electron chi connectivity index (χ2n) is 4.87. The van der Waals surface area contributed by atoms with Crippen LogP contribution in [0.25, 0.3) is 0 Å². The molecule has 0 atom stereocenters. The van der Waals surface area contributed by atoms with Gasteiger partial charge in [-0.15, -0.1) is 11.3 Å². The van der Waals surface area contributed by atoms with Crippen molar-refractivity contribution in [3.63, 3.8) is 0 Å². The van der Waals surface area contributed by atoms with Crippen LogP contribution in [-0.2, 0) is 6.54 Å². The number of carbonyl (C=O) groups is 1. The highest BCUT2D eigenvalue weighted by Gasteiger charge is 2.15. The smallest absolute Gasteiger partial charge is 0.176 e. The van der Waals surface area contributed by atoms with E-state index in [1.807, 2.05) is 30.3 Å². The van der Waals surface area contributed by atoms with Crippen LogP contribution in [0.15, 0.2) is 47.8 Å². The van der Waals surface area contributed by atoms with Gasteiger partial charge in [0.2, 0.25) is 0 Å². The monoisotopic (exact) mass is 273 g/mol. The Morgan fingerprint density at radius 2 is 1.89 bits per heavy atom. The number of nitrogens with zero attached hydrogens (tertiary/aromatic N) is 1. The van der Waals surface area contributed by atoms with Crippen molar-refractivity contribution in [1.82, 2.24) is 4.90 Å². The first-order valence-electron chi connectivity index (χ1n) is 6.51. The predicted molar refractivity (Wildman–Crippen MR) is 80.6 cm³/mol. The molecule has 1 heterocycles. The van der Waals surface area contributed by atoms with Crippen molar-refractivity contribution in [2.45, 2.75) is 26.4 Å². The van der Waals surface area contributed by atoms with Crippen molar-refractivity contribution >= 4 is 17.1 Å². The van der Waals surface area contributed by atoms with Crippen LogP contribution in [-0.4, -0.2) is 23.3 Å². The van der Waals surface area contributed by atoms with Crippen LogP contribution in [0.5, 0.6) is 0 Å². The molecule has 0 fully saturated rings. The van der Waals surface area contributed by atoms with Gasteiger partial charge in [-0.25, -0.2) is 0 Å². The van der Waals surface area contributed by atoms with E-state index in [1.165, 1.54) is 4.88 Å². The lowest BCUT2D eigenvalue weighted by molar-refractivity contribution is 0.0899. The van der Waals surface area contributed by atoms with E-state index < -0.39 is 0 Å². The van der Waals surface area contributed by atoms with Gasteiger partial charge < -0.3 is 0 Å². The number of hydrogen-bond acceptors (Lipinski definition) is 3. The SMILES string of the molecule is CC(C)N(CC(=O)c1ccccc1)Cc1cccs1. The Morgan fingerprint density at radius 1 is 1.16 bits per heavy atom. The molecule has 1 aromatic carbocycles. The van der Waals surface area contributed by atoms with E-state index in [1.54, 1.807) is 11.3 Å². The van der Waals surface area contributed by atoms with Crippen molar-refractivity contribution in [2.24, 2.45) is 0 Å². The molecule has 0 bridgehead atoms. The lowest BCUT2D eigenvalue weighted by Gasteiger charge is -2.25. The third-order valence-electron chi connectivity index (χ3n) is 3.11. The van der Waals surface area contributed by atoms with E-state index in [4.69, 9.17) is 0 Å². The van der Waals surface area contributed by atoms with Gasteiger partial charge in [0.1, 0.15) is 0 Å². The Labute approximate surface area is 118 Å². The highest BCUT2D eigenvalue weighted by molar-refractivity contribution is 7.09. The number of hydrogen-bond donors (Lipinski definition) is 0. The number of Topliss-reactive ketones (excluding diaryl/α,β-unsaturated/α-hetero) is 1. The average molecular weight is 273 g/mol. The number of ketones is 1. The minimum Gasteiger partial charge on any atom is -0.293 e. The average Bonchev–Trinajstić information content (AvgIpc) is 2.91. The first-order valence-corrected chi connectivity index (χ1v) is 7.39. The first-order chi connectivity index (χ1) is 9.16. The molecule has 0 aliphatic rings. The summed E-state index contributed by atoms with van der Waals surface area (Å²) in [5.41, 5.74) is 0.791. The molecule has 0 aliphatic carbocycles. The van der Waals surface area contributed by atoms with Gasteiger partial charge in [0.15, 0.2) is 5.78 Å². The fraction of sp³-hybridized carbons (Fsp3) is 0.312. The summed E-state index contributed by atoms with van der Waals surface area (Å²) in [6, 6.07) is 14.0. The van der Waals surface area contributed by atoms with Crippen LogP contribution in [0, 0.1) is 0 Å². The highest BCUT2D eigenvalue weighted by atomic mass is 32.1. The number of thiophene rings is 1. The van der Waals surface area contributed by atoms with Gasteiger partial charge in [-0.1, -0.05) is 36.4 Å². The molecular weight excluding hydrogens is 254 g/mol. The van der Waals surface area contributed by atoms with Gasteiger partial charge >= 0.3 is 0 Å². The van der Waals surface area contributed by atoms with E-state index in [-0.39, 0.29) is 5.78 Å². The first kappa shape index (κ1) is 14.0. The fourth-order valence-corrected chi connectivity index (χ4v) is 2.65. The maximum absolute atomic E-state index is 12.2. The molecule has 2 rings (SSSR count). The normalized spacial score (nSPS) is 11.2. The molecule has 19 heavy (non-hydrogen) atoms. The largest absolute Gasteiger partial charge is 0.293 e. The van der Waals surface area contributed by atoms with Crippen molar-refractivity contribution in [2.75, 3.05) is 6.54 Å². The number of carbonyl (C=O) groups excluding carboxylic acids is 1. The summed E-state index contributed by atoms with van der Waals surface area (Å²) in [5.74, 6) is 0.186. The van der Waals surface area contributed by atoms with E-state index in [0.29, 0.717) is 12.6 Å². The molecule has 0 N–H and O–H groups in total. The van der Waals surface area contributed by atoms with Crippen LogP contribution in [0.1, 0.15) is 29.1 Å². The molecule has 0 spiro atoms. The van der Waals surface area contributed by atoms with Crippen LogP contribution >= 0.6 is 11.3 Å². The summed E-state index contributed by atoms with van der Waals surface area (Å²) in [4.78, 5) is 15.8. The number of benzene rings is 1. The Morgan fingerprint density at radius 3 is 2.47 bits per heavy atom. The van der Waals surface area contributed by atoms with Crippen LogP contribution in [0.3, 0.4) is 0 Å². The topological polar surface area (TPSA) is 20.3 Å². The van der Waals surface area contributed by atoms with E-state index in [2.05, 4.69) is 36.3 Å². The highest BCUT2D eigenvalue weighted by Crippen LogP contribution is 2.14. The van der Waals surface area contributed by atoms with Crippen LogP contribution < -0.4 is 0 Å². The van der Waals surface area contributed by atoms with Crippen molar-refractivity contribution < 1.29 is 4.79 Å². The van der Waals surface area contributed by atoms with Crippen molar-refractivity contribution in [1.29, 1.82) is 0 Å². The second kappa shape index (κ2) is 6.64. The Bertz CT molecular complexity index is 505. The lowest BCUT2D eigenvalue weighted by atomic mass is 10.1. The molecule has 2 nitrogen and oxygen atoms in total. The van der Waals surface area contributed by atoms with Crippen LogP contribution in [0.2, 0.25) is 0 Å². The van der Waals surface area contributed by atoms with E-state index in [9.17, 15) is 4.79 Å². The summed E-state index contributed by atoms with van der Waals surface area (Å²) in [7, 11) is 0. The summed E-state index contributed by atoms with van der Waals surface area (Å²) in [6.07, 6.45) is 0. The van der Waals surface area contributed by atoms with Gasteiger partial charge in [-0.2, -0.15) is 0 Å². The molecular formula is C16H19NOS. The van der Waals surface area contributed by atoms with Crippen LogP contribution in [0.4, 0.5) is 0 Å². The standard InChI is InChI=1S/C16H19NOS/c1-13(2)17(11-15-9-6-10-19-15)12-16(18)14-7-4-3-5-8-14/h3-10,13H,11-12H2,1-2H3. The third kappa shape index (κ3) is 4.01. The molecule has 0 amide bonds. The third-order valence-corrected chi connectivity index (χ3v) is 3.97. The summed E-state index contributed by atoms with van der Waals surface area (Å²) < 4.78 is 0. The molecule has 3 heteroatoms. The van der Waals surface area contributed by atoms with Gasteiger partial charge in [0, 0.05) is 23.0 Å². The molecule has 0 aliphatic heterocycles. The molecule has 0 radical (unpaired) electrons. The molecule has 1 aromatic heterocycles. The molecule has 100 valence electrons. The molecule has 2 aromatic rings. The minimum atomic E-state index is 0.186. The van der Waals surface area contributed by atoms with E-state index >= 15 is 0 Å². The lowest BCUT2D eigenvalue weighted by Crippen LogP contribution is -2.35. The van der Waals surface area contributed by atoms with Gasteiger partial charge in [-0.05, 0) is 25.3 Å². The maximum atomic E-state index is 12.2. The molecule has 0 saturated heterocycles. The maximum Gasteiger partial charge on any atom is 0.176 e. The zero-order valence-corrected chi connectivity index (χ0v) is 12.2. The molecule has 0 unspecified atom stereocenters. The zero-order chi connectivity index (χ0) is 13.7. The summed E-state index contributed by atoms with van der Waals surface area (Å²) >= 11 is 1.74. The summed E-state index contributed by atoms with van der Waals surface area (Å²) in [5, 5.41) is 2.08.